The van der Waals surface area contributed by atoms with Gasteiger partial charge in [0.15, 0.2) is 0 Å². The molecule has 0 aromatic heterocycles. The molecule has 1 aliphatic heterocycles. The molecule has 1 rings (SSSR count). The van der Waals surface area contributed by atoms with Gasteiger partial charge >= 0.3 is 0 Å². The number of thioether (sulfide) groups is 1. The zero-order chi connectivity index (χ0) is 6.20. The van der Waals surface area contributed by atoms with Crippen LogP contribution in [0.15, 0.2) is 0 Å². The van der Waals surface area contributed by atoms with Crippen molar-refractivity contribution in [2.45, 2.75) is 18.6 Å². The SMILES string of the molecule is CC1(O)CSCC1N. The van der Waals surface area contributed by atoms with Crippen molar-refractivity contribution >= 4 is 11.8 Å². The molecule has 48 valence electrons. The Morgan fingerprint density at radius 1 is 1.88 bits per heavy atom. The first-order valence-electron chi connectivity index (χ1n) is 2.68. The Balaban J connectivity index is 2.54. The molecule has 0 bridgehead atoms. The van der Waals surface area contributed by atoms with Crippen LogP contribution in [0.2, 0.25) is 0 Å². The van der Waals surface area contributed by atoms with Crippen molar-refractivity contribution < 1.29 is 5.11 Å². The third kappa shape index (κ3) is 0.989. The van der Waals surface area contributed by atoms with Crippen LogP contribution in [0.5, 0.6) is 0 Å². The second-order valence-corrected chi connectivity index (χ2v) is 3.51. The molecule has 8 heavy (non-hydrogen) atoms. The second kappa shape index (κ2) is 1.90. The van der Waals surface area contributed by atoms with Gasteiger partial charge in [-0.2, -0.15) is 11.8 Å². The molecule has 1 fully saturated rings. The summed E-state index contributed by atoms with van der Waals surface area (Å²) < 4.78 is 0. The minimum atomic E-state index is -0.606. The molecule has 0 aromatic rings. The van der Waals surface area contributed by atoms with Gasteiger partial charge in [0.05, 0.1) is 5.60 Å². The fraction of sp³-hybridized carbons (Fsp3) is 1.00. The van der Waals surface area contributed by atoms with Gasteiger partial charge in [-0.25, -0.2) is 0 Å². The molecule has 0 aromatic carbocycles. The second-order valence-electron chi connectivity index (χ2n) is 2.48. The molecule has 0 saturated carbocycles. The predicted octanol–water partition coefficient (Wildman–Crippen LogP) is -0.188. The minimum absolute atomic E-state index is 0.0208. The van der Waals surface area contributed by atoms with Crippen LogP contribution >= 0.6 is 11.8 Å². The van der Waals surface area contributed by atoms with E-state index in [1.54, 1.807) is 18.7 Å². The van der Waals surface area contributed by atoms with E-state index < -0.39 is 5.60 Å². The van der Waals surface area contributed by atoms with Crippen molar-refractivity contribution in [1.82, 2.24) is 0 Å². The summed E-state index contributed by atoms with van der Waals surface area (Å²) in [5.41, 5.74) is 4.94. The summed E-state index contributed by atoms with van der Waals surface area (Å²) >= 11 is 1.71. The molecule has 0 spiro atoms. The maximum absolute atomic E-state index is 9.32. The van der Waals surface area contributed by atoms with Gasteiger partial charge in [0, 0.05) is 17.5 Å². The smallest absolute Gasteiger partial charge is 0.0867 e. The lowest BCUT2D eigenvalue weighted by Gasteiger charge is -2.19. The summed E-state index contributed by atoms with van der Waals surface area (Å²) in [4.78, 5) is 0. The summed E-state index contributed by atoms with van der Waals surface area (Å²) in [5.74, 6) is 1.68. The fourth-order valence-electron chi connectivity index (χ4n) is 0.679. The Hall–Kier alpha value is 0.270. The number of rotatable bonds is 0. The van der Waals surface area contributed by atoms with Gasteiger partial charge in [-0.05, 0) is 6.92 Å². The normalized spacial score (nSPS) is 47.6. The standard InChI is InChI=1S/C5H11NOS/c1-5(7)3-8-2-4(5)6/h4,7H,2-3,6H2,1H3. The Labute approximate surface area is 53.5 Å². The molecule has 3 N–H and O–H groups in total. The number of hydrogen-bond acceptors (Lipinski definition) is 3. The van der Waals surface area contributed by atoms with Gasteiger partial charge in [-0.3, -0.25) is 0 Å². The lowest BCUT2D eigenvalue weighted by molar-refractivity contribution is 0.0712. The Morgan fingerprint density at radius 3 is 2.62 bits per heavy atom. The van der Waals surface area contributed by atoms with E-state index in [-0.39, 0.29) is 6.04 Å². The molecule has 2 unspecified atom stereocenters. The van der Waals surface area contributed by atoms with Crippen LogP contribution in [0.3, 0.4) is 0 Å². The summed E-state index contributed by atoms with van der Waals surface area (Å²) in [7, 11) is 0. The van der Waals surface area contributed by atoms with Crippen molar-refractivity contribution in [2.24, 2.45) is 5.73 Å². The van der Waals surface area contributed by atoms with Crippen LogP contribution in [-0.2, 0) is 0 Å². The predicted molar refractivity (Wildman–Crippen MR) is 35.9 cm³/mol. The van der Waals surface area contributed by atoms with Crippen LogP contribution < -0.4 is 5.73 Å². The zero-order valence-corrected chi connectivity index (χ0v) is 5.74. The minimum Gasteiger partial charge on any atom is -0.388 e. The van der Waals surface area contributed by atoms with Crippen LogP contribution in [0.4, 0.5) is 0 Å². The number of aliphatic hydroxyl groups is 1. The van der Waals surface area contributed by atoms with E-state index in [0.717, 1.165) is 11.5 Å². The van der Waals surface area contributed by atoms with E-state index in [9.17, 15) is 5.11 Å². The molecule has 1 aliphatic rings. The first-order chi connectivity index (χ1) is 3.63. The van der Waals surface area contributed by atoms with Crippen molar-refractivity contribution in [3.05, 3.63) is 0 Å². The van der Waals surface area contributed by atoms with Gasteiger partial charge in [-0.1, -0.05) is 0 Å². The largest absolute Gasteiger partial charge is 0.388 e. The van der Waals surface area contributed by atoms with E-state index in [0.29, 0.717) is 0 Å². The highest BCUT2D eigenvalue weighted by molar-refractivity contribution is 7.99. The average Bonchev–Trinajstić information content (AvgIpc) is 1.86. The molecular formula is C5H11NOS. The molecule has 1 saturated heterocycles. The highest BCUT2D eigenvalue weighted by atomic mass is 32.2. The lowest BCUT2D eigenvalue weighted by atomic mass is 10.0. The number of hydrogen-bond donors (Lipinski definition) is 2. The van der Waals surface area contributed by atoms with Crippen LogP contribution in [0.1, 0.15) is 6.92 Å². The Kier molecular flexibility index (Phi) is 1.52. The maximum atomic E-state index is 9.32. The van der Waals surface area contributed by atoms with E-state index in [4.69, 9.17) is 5.73 Å². The summed E-state index contributed by atoms with van der Waals surface area (Å²) in [6.07, 6.45) is 0. The van der Waals surface area contributed by atoms with Crippen molar-refractivity contribution in [3.8, 4) is 0 Å². The molecule has 3 heteroatoms. The zero-order valence-electron chi connectivity index (χ0n) is 4.92. The van der Waals surface area contributed by atoms with Gasteiger partial charge < -0.3 is 10.8 Å². The van der Waals surface area contributed by atoms with E-state index >= 15 is 0 Å². The van der Waals surface area contributed by atoms with E-state index in [2.05, 4.69) is 0 Å². The first kappa shape index (κ1) is 6.39. The lowest BCUT2D eigenvalue weighted by Crippen LogP contribution is -2.43. The average molecular weight is 133 g/mol. The van der Waals surface area contributed by atoms with Gasteiger partial charge in [-0.15, -0.1) is 0 Å². The topological polar surface area (TPSA) is 46.2 Å². The van der Waals surface area contributed by atoms with Crippen LogP contribution in [-0.4, -0.2) is 28.3 Å². The van der Waals surface area contributed by atoms with E-state index in [1.807, 2.05) is 0 Å². The van der Waals surface area contributed by atoms with Gasteiger partial charge in [0.1, 0.15) is 0 Å². The van der Waals surface area contributed by atoms with Crippen molar-refractivity contribution in [2.75, 3.05) is 11.5 Å². The highest BCUT2D eigenvalue weighted by Crippen LogP contribution is 2.25. The van der Waals surface area contributed by atoms with Crippen LogP contribution in [0.25, 0.3) is 0 Å². The third-order valence-electron chi connectivity index (χ3n) is 1.49. The highest BCUT2D eigenvalue weighted by Gasteiger charge is 2.34. The first-order valence-corrected chi connectivity index (χ1v) is 3.84. The van der Waals surface area contributed by atoms with Crippen molar-refractivity contribution in [1.29, 1.82) is 0 Å². The molecule has 0 radical (unpaired) electrons. The quantitative estimate of drug-likeness (QED) is 0.481. The monoisotopic (exact) mass is 133 g/mol. The molecule has 0 aliphatic carbocycles. The number of nitrogens with two attached hydrogens (primary N) is 1. The van der Waals surface area contributed by atoms with Crippen LogP contribution in [0, 0.1) is 0 Å². The van der Waals surface area contributed by atoms with E-state index in [1.165, 1.54) is 0 Å². The molecule has 2 atom stereocenters. The molecule has 1 heterocycles. The third-order valence-corrected chi connectivity index (χ3v) is 2.87. The van der Waals surface area contributed by atoms with Crippen molar-refractivity contribution in [3.63, 3.8) is 0 Å². The summed E-state index contributed by atoms with van der Waals surface area (Å²) in [5, 5.41) is 9.32. The van der Waals surface area contributed by atoms with Gasteiger partial charge in [0.2, 0.25) is 0 Å². The maximum Gasteiger partial charge on any atom is 0.0867 e. The molecule has 0 amide bonds. The summed E-state index contributed by atoms with van der Waals surface area (Å²) in [6.45, 7) is 1.79. The fourth-order valence-corrected chi connectivity index (χ4v) is 2.04. The summed E-state index contributed by atoms with van der Waals surface area (Å²) in [6, 6.07) is -0.0208. The Bertz CT molecular complexity index is 94.4. The molecule has 2 nitrogen and oxygen atoms in total. The Morgan fingerprint density at radius 2 is 2.50 bits per heavy atom. The molecular weight excluding hydrogens is 122 g/mol. The van der Waals surface area contributed by atoms with Gasteiger partial charge in [0.25, 0.3) is 0 Å².